The Balaban J connectivity index is 2.44. The number of aliphatic hydroxyl groups excluding tert-OH is 1. The fourth-order valence-electron chi connectivity index (χ4n) is 2.82. The molecule has 1 heterocycles. The van der Waals surface area contributed by atoms with Gasteiger partial charge in [0.1, 0.15) is 0 Å². The van der Waals surface area contributed by atoms with E-state index in [0.29, 0.717) is 24.6 Å². The minimum absolute atomic E-state index is 0.162. The molecule has 0 saturated heterocycles. The summed E-state index contributed by atoms with van der Waals surface area (Å²) in [6.45, 7) is 4.38. The zero-order valence-electron chi connectivity index (χ0n) is 14.1. The first-order chi connectivity index (χ1) is 11.4. The summed E-state index contributed by atoms with van der Waals surface area (Å²) in [4.78, 5) is 26.6. The molecule has 0 fully saturated rings. The first-order valence-electron chi connectivity index (χ1n) is 7.91. The number of nitrogens with zero attached hydrogens (tertiary/aromatic N) is 1. The molecular weight excluding hydrogens is 330 g/mol. The van der Waals surface area contributed by atoms with Crippen molar-refractivity contribution in [3.63, 3.8) is 0 Å². The average molecular weight is 352 g/mol. The Bertz CT molecular complexity index is 651. The molecule has 1 aliphatic heterocycles. The van der Waals surface area contributed by atoms with E-state index in [1.54, 1.807) is 45.2 Å². The van der Waals surface area contributed by atoms with Gasteiger partial charge in [-0.25, -0.2) is 0 Å². The molecule has 0 radical (unpaired) electrons. The molecule has 1 atom stereocenters. The van der Waals surface area contributed by atoms with Gasteiger partial charge >= 0.3 is 0 Å². The molecule has 24 heavy (non-hydrogen) atoms. The lowest BCUT2D eigenvalue weighted by molar-refractivity contribution is -0.129. The van der Waals surface area contributed by atoms with Crippen molar-refractivity contribution in [2.45, 2.75) is 26.3 Å². The predicted molar refractivity (Wildman–Crippen MR) is 91.9 cm³/mol. The molecule has 2 rings (SSSR count). The third-order valence-electron chi connectivity index (χ3n) is 4.03. The van der Waals surface area contributed by atoms with Gasteiger partial charge in [-0.05, 0) is 24.1 Å². The number of amides is 1. The van der Waals surface area contributed by atoms with Crippen LogP contribution in [-0.4, -0.2) is 42.0 Å². The molecule has 0 saturated carbocycles. The van der Waals surface area contributed by atoms with E-state index in [1.165, 1.54) is 4.90 Å². The van der Waals surface area contributed by atoms with Crippen molar-refractivity contribution in [1.82, 2.24) is 4.90 Å². The molecule has 0 bridgehead atoms. The zero-order valence-corrected chi connectivity index (χ0v) is 14.8. The van der Waals surface area contributed by atoms with Gasteiger partial charge < -0.3 is 14.7 Å². The Morgan fingerprint density at radius 1 is 1.33 bits per heavy atom. The molecule has 6 heteroatoms. The Hall–Kier alpha value is -1.85. The molecule has 130 valence electrons. The SMILES string of the molecule is COCCCN1C(=O)C(O)=C(C(=O)C(C)C)C1c1ccc(Cl)cc1. The Morgan fingerprint density at radius 2 is 1.96 bits per heavy atom. The van der Waals surface area contributed by atoms with Crippen LogP contribution in [0.25, 0.3) is 0 Å². The molecule has 5 nitrogen and oxygen atoms in total. The monoisotopic (exact) mass is 351 g/mol. The normalized spacial score (nSPS) is 18.0. The van der Waals surface area contributed by atoms with Gasteiger partial charge in [0.25, 0.3) is 5.91 Å². The van der Waals surface area contributed by atoms with Crippen LogP contribution in [0.4, 0.5) is 0 Å². The number of ketones is 1. The van der Waals surface area contributed by atoms with Gasteiger partial charge in [-0.15, -0.1) is 0 Å². The fraction of sp³-hybridized carbons (Fsp3) is 0.444. The van der Waals surface area contributed by atoms with Gasteiger partial charge in [-0.2, -0.15) is 0 Å². The summed E-state index contributed by atoms with van der Waals surface area (Å²) in [5.74, 6) is -1.51. The summed E-state index contributed by atoms with van der Waals surface area (Å²) in [5, 5.41) is 10.9. The zero-order chi connectivity index (χ0) is 17.9. The third kappa shape index (κ3) is 3.62. The Kier molecular flexibility index (Phi) is 6.02. The maximum absolute atomic E-state index is 12.6. The molecule has 0 aliphatic carbocycles. The van der Waals surface area contributed by atoms with Gasteiger partial charge in [0.05, 0.1) is 11.6 Å². The van der Waals surface area contributed by atoms with Crippen LogP contribution in [0.5, 0.6) is 0 Å². The highest BCUT2D eigenvalue weighted by molar-refractivity contribution is 6.30. The minimum atomic E-state index is -0.596. The highest BCUT2D eigenvalue weighted by Crippen LogP contribution is 2.39. The lowest BCUT2D eigenvalue weighted by Crippen LogP contribution is -2.33. The number of hydrogen-bond donors (Lipinski definition) is 1. The molecule has 1 unspecified atom stereocenters. The van der Waals surface area contributed by atoms with Gasteiger partial charge in [0.2, 0.25) is 0 Å². The van der Waals surface area contributed by atoms with Crippen LogP contribution in [0.3, 0.4) is 0 Å². The summed E-state index contributed by atoms with van der Waals surface area (Å²) >= 11 is 5.94. The van der Waals surface area contributed by atoms with Crippen molar-refractivity contribution in [3.8, 4) is 0 Å². The van der Waals surface area contributed by atoms with Crippen LogP contribution in [0.15, 0.2) is 35.6 Å². The number of ether oxygens (including phenoxy) is 1. The molecule has 0 spiro atoms. The van der Waals surface area contributed by atoms with Gasteiger partial charge in [0, 0.05) is 31.2 Å². The highest BCUT2D eigenvalue weighted by atomic mass is 35.5. The summed E-state index contributed by atoms with van der Waals surface area (Å²) in [6.07, 6.45) is 0.614. The summed E-state index contributed by atoms with van der Waals surface area (Å²) in [7, 11) is 1.59. The largest absolute Gasteiger partial charge is 0.503 e. The van der Waals surface area contributed by atoms with E-state index in [9.17, 15) is 14.7 Å². The van der Waals surface area contributed by atoms with Gasteiger partial charge in [-0.3, -0.25) is 9.59 Å². The van der Waals surface area contributed by atoms with Crippen molar-refractivity contribution in [1.29, 1.82) is 0 Å². The number of benzene rings is 1. The van der Waals surface area contributed by atoms with Gasteiger partial charge in [0.15, 0.2) is 11.5 Å². The van der Waals surface area contributed by atoms with Crippen molar-refractivity contribution < 1.29 is 19.4 Å². The van der Waals surface area contributed by atoms with E-state index in [-0.39, 0.29) is 17.3 Å². The number of aliphatic hydroxyl groups is 1. The second-order valence-electron chi connectivity index (χ2n) is 6.08. The summed E-state index contributed by atoms with van der Waals surface area (Å²) in [5.41, 5.74) is 0.910. The molecule has 1 aromatic rings. The van der Waals surface area contributed by atoms with Crippen LogP contribution < -0.4 is 0 Å². The lowest BCUT2D eigenvalue weighted by Gasteiger charge is -2.27. The van der Waals surface area contributed by atoms with Crippen LogP contribution in [-0.2, 0) is 14.3 Å². The van der Waals surface area contributed by atoms with Crippen LogP contribution in [0.1, 0.15) is 31.9 Å². The van der Waals surface area contributed by atoms with E-state index in [2.05, 4.69) is 0 Å². The van der Waals surface area contributed by atoms with Gasteiger partial charge in [-0.1, -0.05) is 37.6 Å². The number of rotatable bonds is 7. The lowest BCUT2D eigenvalue weighted by atomic mass is 9.91. The van der Waals surface area contributed by atoms with E-state index >= 15 is 0 Å². The Morgan fingerprint density at radius 3 is 2.50 bits per heavy atom. The molecule has 1 amide bonds. The fourth-order valence-corrected chi connectivity index (χ4v) is 2.94. The second kappa shape index (κ2) is 7.81. The minimum Gasteiger partial charge on any atom is -0.503 e. The maximum Gasteiger partial charge on any atom is 0.290 e. The maximum atomic E-state index is 12.6. The van der Waals surface area contributed by atoms with Crippen molar-refractivity contribution >= 4 is 23.3 Å². The van der Waals surface area contributed by atoms with E-state index < -0.39 is 17.7 Å². The quantitative estimate of drug-likeness (QED) is 0.765. The number of Topliss-reactive ketones (excluding diaryl/α,β-unsaturated/α-hetero) is 1. The van der Waals surface area contributed by atoms with Crippen molar-refractivity contribution in [2.75, 3.05) is 20.3 Å². The van der Waals surface area contributed by atoms with Crippen molar-refractivity contribution in [3.05, 3.63) is 46.2 Å². The molecule has 1 aliphatic rings. The first kappa shape index (κ1) is 18.5. The number of carbonyl (C=O) groups is 2. The third-order valence-corrected chi connectivity index (χ3v) is 4.28. The molecule has 1 N–H and O–H groups in total. The summed E-state index contributed by atoms with van der Waals surface area (Å²) < 4.78 is 5.03. The topological polar surface area (TPSA) is 66.8 Å². The summed E-state index contributed by atoms with van der Waals surface area (Å²) in [6, 6.07) is 6.37. The number of methoxy groups -OCH3 is 1. The molecule has 1 aromatic carbocycles. The van der Waals surface area contributed by atoms with E-state index in [0.717, 1.165) is 5.56 Å². The molecule has 0 aromatic heterocycles. The second-order valence-corrected chi connectivity index (χ2v) is 6.52. The predicted octanol–water partition coefficient (Wildman–Crippen LogP) is 3.30. The Labute approximate surface area is 146 Å². The number of carbonyl (C=O) groups excluding carboxylic acids is 2. The highest BCUT2D eigenvalue weighted by Gasteiger charge is 2.43. The smallest absolute Gasteiger partial charge is 0.290 e. The van der Waals surface area contributed by atoms with E-state index in [4.69, 9.17) is 16.3 Å². The van der Waals surface area contributed by atoms with Crippen LogP contribution >= 0.6 is 11.6 Å². The standard InChI is InChI=1S/C18H22ClNO4/c1-11(2)16(21)14-15(12-5-7-13(19)8-6-12)20(9-4-10-24-3)18(23)17(14)22/h5-8,11,15,22H,4,9-10H2,1-3H3. The molecular formula is C18H22ClNO4. The van der Waals surface area contributed by atoms with Crippen LogP contribution in [0.2, 0.25) is 5.02 Å². The van der Waals surface area contributed by atoms with Crippen molar-refractivity contribution in [2.24, 2.45) is 5.92 Å². The number of hydrogen-bond acceptors (Lipinski definition) is 4. The average Bonchev–Trinajstić information content (AvgIpc) is 2.80. The van der Waals surface area contributed by atoms with Crippen LogP contribution in [0, 0.1) is 5.92 Å². The van der Waals surface area contributed by atoms with E-state index in [1.807, 2.05) is 0 Å². The number of halogens is 1. The first-order valence-corrected chi connectivity index (χ1v) is 8.29.